The van der Waals surface area contributed by atoms with Gasteiger partial charge in [-0.2, -0.15) is 11.3 Å². The number of anilines is 1. The van der Waals surface area contributed by atoms with Crippen LogP contribution in [-0.2, 0) is 16.4 Å². The molecule has 7 heteroatoms. The van der Waals surface area contributed by atoms with Crippen LogP contribution in [0.4, 0.5) is 10.5 Å². The van der Waals surface area contributed by atoms with E-state index in [0.29, 0.717) is 10.6 Å². The Morgan fingerprint density at radius 3 is 2.82 bits per heavy atom. The van der Waals surface area contributed by atoms with Gasteiger partial charge in [0.1, 0.15) is 5.60 Å². The normalized spacial score (nSPS) is 14.9. The fraction of sp³-hybridized carbons (Fsp3) is 0.267. The topological polar surface area (TPSA) is 78.4 Å². The molecular weight excluding hydrogens is 320 g/mol. The predicted octanol–water partition coefficient (Wildman–Crippen LogP) is 2.51. The third kappa shape index (κ3) is 4.40. The smallest absolute Gasteiger partial charge is 0.319 e. The van der Waals surface area contributed by atoms with Crippen molar-refractivity contribution in [2.75, 3.05) is 18.1 Å². The first-order valence-electron chi connectivity index (χ1n) is 6.62. The molecule has 22 heavy (non-hydrogen) atoms. The second kappa shape index (κ2) is 7.04. The van der Waals surface area contributed by atoms with E-state index in [-0.39, 0.29) is 6.54 Å². The van der Waals surface area contributed by atoms with Gasteiger partial charge in [0, 0.05) is 27.6 Å². The average molecular weight is 338 g/mol. The lowest BCUT2D eigenvalue weighted by Gasteiger charge is -2.22. The van der Waals surface area contributed by atoms with E-state index in [4.69, 9.17) is 0 Å². The highest BCUT2D eigenvalue weighted by molar-refractivity contribution is 7.84. The summed E-state index contributed by atoms with van der Waals surface area (Å²) < 4.78 is 11.4. The molecule has 2 amide bonds. The number of nitrogens with one attached hydrogen (secondary N) is 2. The van der Waals surface area contributed by atoms with Crippen molar-refractivity contribution < 1.29 is 14.1 Å². The minimum absolute atomic E-state index is 0.0922. The van der Waals surface area contributed by atoms with E-state index in [1.54, 1.807) is 37.4 Å². The number of carbonyl (C=O) groups is 1. The van der Waals surface area contributed by atoms with Crippen molar-refractivity contribution in [3.05, 3.63) is 46.7 Å². The molecule has 0 aliphatic carbocycles. The first kappa shape index (κ1) is 16.7. The maximum absolute atomic E-state index is 11.9. The van der Waals surface area contributed by atoms with Crippen molar-refractivity contribution in [1.82, 2.24) is 5.32 Å². The van der Waals surface area contributed by atoms with Crippen molar-refractivity contribution >= 4 is 33.9 Å². The lowest BCUT2D eigenvalue weighted by molar-refractivity contribution is 0.0604. The first-order chi connectivity index (χ1) is 10.4. The summed E-state index contributed by atoms with van der Waals surface area (Å²) in [5.74, 6) is 0. The van der Waals surface area contributed by atoms with Gasteiger partial charge in [-0.05, 0) is 47.5 Å². The Morgan fingerprint density at radius 2 is 2.18 bits per heavy atom. The number of hydrogen-bond donors (Lipinski definition) is 3. The van der Waals surface area contributed by atoms with Gasteiger partial charge in [0.25, 0.3) is 0 Å². The Labute approximate surface area is 135 Å². The summed E-state index contributed by atoms with van der Waals surface area (Å²) >= 11 is 1.49. The molecular formula is C15H18N2O3S2. The summed E-state index contributed by atoms with van der Waals surface area (Å²) in [7, 11) is -1.10. The Balaban J connectivity index is 1.93. The molecule has 0 bridgehead atoms. The van der Waals surface area contributed by atoms with Gasteiger partial charge in [0.15, 0.2) is 0 Å². The maximum Gasteiger partial charge on any atom is 0.319 e. The number of thiophene rings is 1. The zero-order chi connectivity index (χ0) is 16.2. The number of urea groups is 1. The first-order valence-corrected chi connectivity index (χ1v) is 9.12. The molecule has 1 heterocycles. The highest BCUT2D eigenvalue weighted by atomic mass is 32.2. The highest BCUT2D eigenvalue weighted by Crippen LogP contribution is 2.22. The van der Waals surface area contributed by atoms with Crippen LogP contribution >= 0.6 is 11.3 Å². The highest BCUT2D eigenvalue weighted by Gasteiger charge is 2.24. The summed E-state index contributed by atoms with van der Waals surface area (Å²) in [5, 5.41) is 19.4. The minimum Gasteiger partial charge on any atom is -0.384 e. The molecule has 118 valence electrons. The van der Waals surface area contributed by atoms with Gasteiger partial charge in [-0.15, -0.1) is 0 Å². The van der Waals surface area contributed by atoms with E-state index in [2.05, 4.69) is 10.6 Å². The summed E-state index contributed by atoms with van der Waals surface area (Å²) in [4.78, 5) is 12.5. The van der Waals surface area contributed by atoms with Crippen LogP contribution in [0.3, 0.4) is 0 Å². The van der Waals surface area contributed by atoms with Crippen molar-refractivity contribution in [3.63, 3.8) is 0 Å². The number of amides is 2. The molecule has 0 unspecified atom stereocenters. The van der Waals surface area contributed by atoms with Crippen molar-refractivity contribution in [2.45, 2.75) is 17.4 Å². The van der Waals surface area contributed by atoms with Crippen LogP contribution in [0.25, 0.3) is 0 Å². The van der Waals surface area contributed by atoms with Gasteiger partial charge in [-0.3, -0.25) is 4.21 Å². The van der Waals surface area contributed by atoms with Crippen LogP contribution in [0.1, 0.15) is 12.5 Å². The van der Waals surface area contributed by atoms with Crippen molar-refractivity contribution in [1.29, 1.82) is 0 Å². The second-order valence-electron chi connectivity index (χ2n) is 5.08. The monoisotopic (exact) mass is 338 g/mol. The van der Waals surface area contributed by atoms with Gasteiger partial charge < -0.3 is 15.7 Å². The fourth-order valence-electron chi connectivity index (χ4n) is 1.85. The van der Waals surface area contributed by atoms with Crippen LogP contribution in [0.5, 0.6) is 0 Å². The molecule has 0 saturated heterocycles. The zero-order valence-electron chi connectivity index (χ0n) is 12.3. The average Bonchev–Trinajstić information content (AvgIpc) is 3.00. The van der Waals surface area contributed by atoms with Crippen LogP contribution in [0.2, 0.25) is 0 Å². The molecule has 2 aromatic rings. The van der Waals surface area contributed by atoms with Crippen LogP contribution in [0, 0.1) is 0 Å². The third-order valence-electron chi connectivity index (χ3n) is 3.16. The molecule has 0 spiro atoms. The molecule has 0 radical (unpaired) electrons. The zero-order valence-corrected chi connectivity index (χ0v) is 14.0. The van der Waals surface area contributed by atoms with E-state index in [0.717, 1.165) is 5.56 Å². The molecule has 2 atom stereocenters. The standard InChI is InChI=1S/C15H18N2O3S2/c1-15(19,11-6-7-21-9-11)10-16-14(18)17-12-4-3-5-13(8-12)22(2)20/h3-9,19H,10H2,1-2H3,(H2,16,17,18)/t15-,22+/m0/s1. The lowest BCUT2D eigenvalue weighted by Crippen LogP contribution is -2.40. The third-order valence-corrected chi connectivity index (χ3v) is 4.76. The Kier molecular flexibility index (Phi) is 5.33. The van der Waals surface area contributed by atoms with Gasteiger partial charge in [0.05, 0.1) is 6.54 Å². The maximum atomic E-state index is 11.9. The van der Waals surface area contributed by atoms with E-state index in [9.17, 15) is 14.1 Å². The van der Waals surface area contributed by atoms with E-state index in [1.807, 2.05) is 16.8 Å². The second-order valence-corrected chi connectivity index (χ2v) is 7.24. The summed E-state index contributed by atoms with van der Waals surface area (Å²) in [5.41, 5.74) is 0.200. The molecule has 3 N–H and O–H groups in total. The Morgan fingerprint density at radius 1 is 1.41 bits per heavy atom. The summed E-state index contributed by atoms with van der Waals surface area (Å²) in [6.07, 6.45) is 1.58. The minimum atomic E-state index is -1.12. The van der Waals surface area contributed by atoms with E-state index >= 15 is 0 Å². The molecule has 0 aliphatic heterocycles. The van der Waals surface area contributed by atoms with Crippen LogP contribution < -0.4 is 10.6 Å². The fourth-order valence-corrected chi connectivity index (χ4v) is 3.20. The number of rotatable bonds is 5. The van der Waals surface area contributed by atoms with E-state index in [1.165, 1.54) is 11.3 Å². The number of aliphatic hydroxyl groups is 1. The molecule has 1 aromatic carbocycles. The van der Waals surface area contributed by atoms with Crippen LogP contribution in [-0.4, -0.2) is 28.1 Å². The number of benzene rings is 1. The van der Waals surface area contributed by atoms with Crippen LogP contribution in [0.15, 0.2) is 46.0 Å². The molecule has 0 saturated carbocycles. The van der Waals surface area contributed by atoms with Crippen molar-refractivity contribution in [3.8, 4) is 0 Å². The largest absolute Gasteiger partial charge is 0.384 e. The van der Waals surface area contributed by atoms with Gasteiger partial charge in [-0.1, -0.05) is 6.07 Å². The van der Waals surface area contributed by atoms with Crippen molar-refractivity contribution in [2.24, 2.45) is 0 Å². The van der Waals surface area contributed by atoms with E-state index < -0.39 is 22.4 Å². The lowest BCUT2D eigenvalue weighted by atomic mass is 9.99. The van der Waals surface area contributed by atoms with Gasteiger partial charge in [-0.25, -0.2) is 4.79 Å². The Bertz CT molecular complexity index is 669. The predicted molar refractivity (Wildman–Crippen MR) is 89.7 cm³/mol. The SMILES string of the molecule is C[S@@](=O)c1cccc(NC(=O)NC[C@](C)(O)c2ccsc2)c1. The summed E-state index contributed by atoms with van der Waals surface area (Å²) in [6.45, 7) is 1.74. The molecule has 2 rings (SSSR count). The number of carbonyl (C=O) groups excluding carboxylic acids is 1. The number of hydrogen-bond acceptors (Lipinski definition) is 4. The molecule has 0 fully saturated rings. The molecule has 5 nitrogen and oxygen atoms in total. The summed E-state index contributed by atoms with van der Waals surface area (Å²) in [6, 6.07) is 8.24. The Hall–Kier alpha value is -1.70. The molecule has 1 aromatic heterocycles. The van der Waals surface area contributed by atoms with Gasteiger partial charge in [0.2, 0.25) is 0 Å². The van der Waals surface area contributed by atoms with Gasteiger partial charge >= 0.3 is 6.03 Å². The molecule has 0 aliphatic rings. The quantitative estimate of drug-likeness (QED) is 0.784.